The van der Waals surface area contributed by atoms with E-state index >= 15 is 0 Å². The zero-order chi connectivity index (χ0) is 18.1. The molecule has 0 saturated heterocycles. The van der Waals surface area contributed by atoms with Crippen LogP contribution in [0.3, 0.4) is 0 Å². The Bertz CT molecular complexity index is 1000. The molecule has 0 fully saturated rings. The Labute approximate surface area is 144 Å². The molecule has 0 aliphatic carbocycles. The van der Waals surface area contributed by atoms with Crippen LogP contribution in [0.25, 0.3) is 16.6 Å². The molecule has 0 unspecified atom stereocenters. The van der Waals surface area contributed by atoms with Gasteiger partial charge in [0, 0.05) is 5.39 Å². The Morgan fingerprint density at radius 2 is 2.00 bits per heavy atom. The normalized spacial score (nSPS) is 11.2. The summed E-state index contributed by atoms with van der Waals surface area (Å²) in [7, 11) is 1.28. The number of carbonyl (C=O) groups excluding carboxylic acids is 1. The minimum atomic E-state index is -0.523. The number of ether oxygens (including phenoxy) is 1. The highest BCUT2D eigenvalue weighted by Gasteiger charge is 2.20. The Morgan fingerprint density at radius 3 is 2.64 bits per heavy atom. The van der Waals surface area contributed by atoms with E-state index in [-0.39, 0.29) is 18.0 Å². The first-order valence-corrected chi connectivity index (χ1v) is 8.05. The van der Waals surface area contributed by atoms with Gasteiger partial charge in [0.1, 0.15) is 12.1 Å². The number of hydrogen-bond acceptors (Lipinski definition) is 5. The number of nitrogens with zero attached hydrogens (tertiary/aromatic N) is 4. The van der Waals surface area contributed by atoms with Gasteiger partial charge >= 0.3 is 5.97 Å². The van der Waals surface area contributed by atoms with E-state index in [1.54, 1.807) is 10.9 Å². The van der Waals surface area contributed by atoms with Crippen LogP contribution in [0.4, 0.5) is 0 Å². The van der Waals surface area contributed by atoms with Gasteiger partial charge < -0.3 is 4.74 Å². The van der Waals surface area contributed by atoms with Gasteiger partial charge in [-0.1, -0.05) is 32.0 Å². The Morgan fingerprint density at radius 1 is 1.28 bits per heavy atom. The number of esters is 1. The fourth-order valence-corrected chi connectivity index (χ4v) is 2.80. The highest BCUT2D eigenvalue weighted by atomic mass is 16.5. The van der Waals surface area contributed by atoms with Crippen molar-refractivity contribution in [1.29, 1.82) is 0 Å². The number of methoxy groups -OCH3 is 1. The first-order chi connectivity index (χ1) is 11.9. The second-order valence-corrected chi connectivity index (χ2v) is 6.18. The summed E-state index contributed by atoms with van der Waals surface area (Å²) >= 11 is 0. The van der Waals surface area contributed by atoms with E-state index in [0.717, 1.165) is 21.6 Å². The molecule has 0 aliphatic heterocycles. The van der Waals surface area contributed by atoms with E-state index in [9.17, 15) is 9.59 Å². The van der Waals surface area contributed by atoms with Crippen molar-refractivity contribution in [2.45, 2.75) is 33.2 Å². The molecule has 130 valence electrons. The van der Waals surface area contributed by atoms with Gasteiger partial charge in [-0.05, 0) is 24.5 Å². The Kier molecular flexibility index (Phi) is 4.39. The van der Waals surface area contributed by atoms with E-state index < -0.39 is 5.97 Å². The predicted molar refractivity (Wildman–Crippen MR) is 94.0 cm³/mol. The number of rotatable bonds is 4. The summed E-state index contributed by atoms with van der Waals surface area (Å²) in [6, 6.07) is 7.69. The van der Waals surface area contributed by atoms with Crippen molar-refractivity contribution in [1.82, 2.24) is 19.6 Å². The monoisotopic (exact) mass is 340 g/mol. The van der Waals surface area contributed by atoms with Crippen molar-refractivity contribution in [3.8, 4) is 5.69 Å². The molecule has 3 aromatic rings. The third-order valence-corrected chi connectivity index (χ3v) is 4.11. The second-order valence-electron chi connectivity index (χ2n) is 6.18. The lowest BCUT2D eigenvalue weighted by Crippen LogP contribution is -2.30. The van der Waals surface area contributed by atoms with Crippen molar-refractivity contribution in [3.05, 3.63) is 52.1 Å². The van der Waals surface area contributed by atoms with Crippen molar-refractivity contribution in [2.75, 3.05) is 7.11 Å². The molecule has 7 nitrogen and oxygen atoms in total. The molecule has 1 aromatic carbocycles. The number of aryl methyl sites for hydroxylation is 1. The third kappa shape index (κ3) is 2.93. The molecule has 0 amide bonds. The minimum absolute atomic E-state index is 0.0708. The largest absolute Gasteiger partial charge is 0.468 e. The van der Waals surface area contributed by atoms with E-state index in [1.165, 1.54) is 7.11 Å². The van der Waals surface area contributed by atoms with Gasteiger partial charge in [-0.2, -0.15) is 10.2 Å². The molecular formula is C18H20N4O3. The Balaban J connectivity index is 2.34. The van der Waals surface area contributed by atoms with Crippen LogP contribution in [0.1, 0.15) is 31.0 Å². The molecule has 0 aliphatic rings. The highest BCUT2D eigenvalue weighted by molar-refractivity contribution is 5.82. The number of hydrogen-bond donors (Lipinski definition) is 0. The fraction of sp³-hybridized carbons (Fsp3) is 0.333. The average molecular weight is 340 g/mol. The smallest absolute Gasteiger partial charge is 0.327 e. The van der Waals surface area contributed by atoms with Gasteiger partial charge in [0.05, 0.1) is 24.7 Å². The number of fused-ring (bicyclic) bond motifs is 1. The second kappa shape index (κ2) is 6.51. The molecule has 25 heavy (non-hydrogen) atoms. The third-order valence-electron chi connectivity index (χ3n) is 4.11. The maximum atomic E-state index is 13.0. The first kappa shape index (κ1) is 16.9. The molecule has 0 bridgehead atoms. The molecule has 2 aromatic heterocycles. The molecule has 0 radical (unpaired) electrons. The quantitative estimate of drug-likeness (QED) is 0.680. The summed E-state index contributed by atoms with van der Waals surface area (Å²) in [5.74, 6) is -0.452. The summed E-state index contributed by atoms with van der Waals surface area (Å²) in [6.07, 6.45) is 1.66. The zero-order valence-electron chi connectivity index (χ0n) is 14.7. The fourth-order valence-electron chi connectivity index (χ4n) is 2.80. The molecule has 0 saturated carbocycles. The van der Waals surface area contributed by atoms with Crippen molar-refractivity contribution < 1.29 is 9.53 Å². The van der Waals surface area contributed by atoms with Crippen LogP contribution < -0.4 is 5.56 Å². The lowest BCUT2D eigenvalue weighted by Gasteiger charge is -2.12. The van der Waals surface area contributed by atoms with E-state index in [2.05, 4.69) is 14.9 Å². The van der Waals surface area contributed by atoms with Crippen molar-refractivity contribution >= 4 is 16.9 Å². The van der Waals surface area contributed by atoms with Crippen LogP contribution in [0.15, 0.2) is 35.3 Å². The summed E-state index contributed by atoms with van der Waals surface area (Å²) < 4.78 is 7.45. The Hall–Kier alpha value is -2.96. The summed E-state index contributed by atoms with van der Waals surface area (Å²) in [5, 5.41) is 9.48. The van der Waals surface area contributed by atoms with E-state index in [1.807, 2.05) is 45.0 Å². The van der Waals surface area contributed by atoms with Crippen LogP contribution >= 0.6 is 0 Å². The summed E-state index contributed by atoms with van der Waals surface area (Å²) in [5.41, 5.74) is 2.58. The van der Waals surface area contributed by atoms with Gasteiger partial charge in [0.15, 0.2) is 0 Å². The summed E-state index contributed by atoms with van der Waals surface area (Å²) in [4.78, 5) is 24.6. The highest BCUT2D eigenvalue weighted by Crippen LogP contribution is 2.24. The molecular weight excluding hydrogens is 320 g/mol. The molecule has 0 N–H and O–H groups in total. The van der Waals surface area contributed by atoms with Gasteiger partial charge in [0.25, 0.3) is 5.56 Å². The minimum Gasteiger partial charge on any atom is -0.468 e. The van der Waals surface area contributed by atoms with Crippen LogP contribution in [0.5, 0.6) is 0 Å². The topological polar surface area (TPSA) is 79.0 Å². The number of para-hydroxylation sites is 1. The van der Waals surface area contributed by atoms with Crippen LogP contribution in [-0.2, 0) is 16.1 Å². The number of aromatic nitrogens is 4. The standard InChI is InChI=1S/C18H20N4O3/c1-11(2)16-13-9-19-22(14-8-6-5-7-12(14)3)17(13)18(24)21(20-16)10-15(23)25-4/h5-9,11H,10H2,1-4H3. The van der Waals surface area contributed by atoms with E-state index in [4.69, 9.17) is 0 Å². The predicted octanol–water partition coefficient (Wildman–Crippen LogP) is 2.19. The molecule has 0 spiro atoms. The zero-order valence-corrected chi connectivity index (χ0v) is 14.7. The van der Waals surface area contributed by atoms with Gasteiger partial charge in [-0.25, -0.2) is 9.36 Å². The maximum Gasteiger partial charge on any atom is 0.327 e. The van der Waals surface area contributed by atoms with Crippen LogP contribution in [-0.4, -0.2) is 32.6 Å². The van der Waals surface area contributed by atoms with Crippen LogP contribution in [0, 0.1) is 6.92 Å². The van der Waals surface area contributed by atoms with E-state index in [0.29, 0.717) is 10.9 Å². The lowest BCUT2D eigenvalue weighted by atomic mass is 10.1. The van der Waals surface area contributed by atoms with Crippen molar-refractivity contribution in [3.63, 3.8) is 0 Å². The molecule has 0 atom stereocenters. The summed E-state index contributed by atoms with van der Waals surface area (Å²) in [6.45, 7) is 5.70. The van der Waals surface area contributed by atoms with Gasteiger partial charge in [-0.3, -0.25) is 9.59 Å². The molecule has 7 heteroatoms. The number of carbonyl (C=O) groups is 1. The maximum absolute atomic E-state index is 13.0. The van der Waals surface area contributed by atoms with Crippen LogP contribution in [0.2, 0.25) is 0 Å². The molecule has 3 rings (SSSR count). The van der Waals surface area contributed by atoms with Crippen molar-refractivity contribution in [2.24, 2.45) is 0 Å². The first-order valence-electron chi connectivity index (χ1n) is 8.05. The molecule has 2 heterocycles. The SMILES string of the molecule is COC(=O)Cn1nc(C(C)C)c2cnn(-c3ccccc3C)c2c1=O. The average Bonchev–Trinajstić information content (AvgIpc) is 3.02. The number of benzene rings is 1. The van der Waals surface area contributed by atoms with Gasteiger partial charge in [-0.15, -0.1) is 0 Å². The lowest BCUT2D eigenvalue weighted by molar-refractivity contribution is -0.141. The van der Waals surface area contributed by atoms with Gasteiger partial charge in [0.2, 0.25) is 0 Å².